The van der Waals surface area contributed by atoms with E-state index in [4.69, 9.17) is 0 Å². The van der Waals surface area contributed by atoms with Gasteiger partial charge in [-0.25, -0.2) is 0 Å². The number of hydrogen-bond acceptors (Lipinski definition) is 2. The lowest BCUT2D eigenvalue weighted by molar-refractivity contribution is 0.0758. The van der Waals surface area contributed by atoms with Crippen molar-refractivity contribution in [2.75, 3.05) is 0 Å². The zero-order valence-electron chi connectivity index (χ0n) is 25.7. The number of benzene rings is 7. The predicted molar refractivity (Wildman–Crippen MR) is 188 cm³/mol. The van der Waals surface area contributed by atoms with Gasteiger partial charge in [0, 0.05) is 11.1 Å². The average molecular weight is 595 g/mol. The fraction of sp³-hybridized carbons (Fsp3) is 0.0909. The molecule has 7 aromatic rings. The molecule has 8 rings (SSSR count). The van der Waals surface area contributed by atoms with Crippen LogP contribution in [0.15, 0.2) is 164 Å². The van der Waals surface area contributed by atoms with Gasteiger partial charge >= 0.3 is 0 Å². The molecule has 2 atom stereocenters. The Morgan fingerprint density at radius 1 is 0.435 bits per heavy atom. The van der Waals surface area contributed by atoms with E-state index >= 15 is 0 Å². The quantitative estimate of drug-likeness (QED) is 0.208. The van der Waals surface area contributed by atoms with E-state index in [9.17, 15) is 10.2 Å². The van der Waals surface area contributed by atoms with E-state index in [-0.39, 0.29) is 0 Å². The highest BCUT2D eigenvalue weighted by Gasteiger charge is 2.54. The van der Waals surface area contributed by atoms with Crippen LogP contribution in [0.25, 0.3) is 33.0 Å². The lowest BCUT2D eigenvalue weighted by atomic mass is 9.59. The van der Waals surface area contributed by atoms with E-state index in [1.165, 1.54) is 0 Å². The third-order valence-electron chi connectivity index (χ3n) is 9.72. The third-order valence-corrected chi connectivity index (χ3v) is 9.72. The maximum absolute atomic E-state index is 13.8. The van der Waals surface area contributed by atoms with Crippen molar-refractivity contribution in [2.45, 2.75) is 24.5 Å². The molecule has 1 aliphatic carbocycles. The molecular weight excluding hydrogens is 560 g/mol. The van der Waals surface area contributed by atoms with Gasteiger partial charge in [-0.1, -0.05) is 171 Å². The summed E-state index contributed by atoms with van der Waals surface area (Å²) in [5, 5.41) is 29.6. The van der Waals surface area contributed by atoms with Crippen LogP contribution in [-0.4, -0.2) is 10.2 Å². The van der Waals surface area contributed by atoms with E-state index in [0.717, 1.165) is 56.1 Å². The predicted octanol–water partition coefficient (Wildman–Crippen LogP) is 9.62. The highest BCUT2D eigenvalue weighted by molar-refractivity contribution is 6.09. The first-order valence-corrected chi connectivity index (χ1v) is 16.0. The van der Waals surface area contributed by atoms with Crippen molar-refractivity contribution in [1.29, 1.82) is 0 Å². The van der Waals surface area contributed by atoms with E-state index in [1.807, 2.05) is 103 Å². The Balaban J connectivity index is 1.71. The second kappa shape index (κ2) is 11.0. The average Bonchev–Trinajstić information content (AvgIpc) is 3.14. The molecule has 0 saturated heterocycles. The third kappa shape index (κ3) is 4.04. The maximum Gasteiger partial charge on any atom is 0.142 e. The Kier molecular flexibility index (Phi) is 6.72. The van der Waals surface area contributed by atoms with Gasteiger partial charge in [-0.3, -0.25) is 0 Å². The summed E-state index contributed by atoms with van der Waals surface area (Å²) >= 11 is 0. The molecule has 0 heterocycles. The molecule has 0 unspecified atom stereocenters. The van der Waals surface area contributed by atoms with Crippen LogP contribution in [0, 0.1) is 0 Å². The molecule has 0 bridgehead atoms. The van der Waals surface area contributed by atoms with Gasteiger partial charge in [-0.15, -0.1) is 0 Å². The van der Waals surface area contributed by atoms with Crippen LogP contribution in [0.5, 0.6) is 0 Å². The Labute approximate surface area is 269 Å². The van der Waals surface area contributed by atoms with Gasteiger partial charge in [0.15, 0.2) is 0 Å². The molecule has 2 heteroatoms. The first kappa shape index (κ1) is 28.2. The number of aryl methyl sites for hydroxylation is 1. The highest BCUT2D eigenvalue weighted by Crippen LogP contribution is 2.60. The van der Waals surface area contributed by atoms with Gasteiger partial charge in [-0.2, -0.15) is 0 Å². The minimum atomic E-state index is -1.59. The zero-order chi connectivity index (χ0) is 31.3. The van der Waals surface area contributed by atoms with Gasteiger partial charge in [0.05, 0.1) is 0 Å². The standard InChI is InChI=1S/C44H34O2/c1-2-30-27-28-37-38(29-30)44(46,34-23-13-6-14-24-34)42-40(32-19-9-4-10-20-32)36-26-16-15-25-35(36)39(31-17-7-3-8-18-31)41(42)43(37,45)33-21-11-5-12-22-33/h3-29,45-46H,2H2,1H3/t43-,44-/m1/s1. The number of fused-ring (bicyclic) bond motifs is 3. The Bertz CT molecular complexity index is 2190. The monoisotopic (exact) mass is 594 g/mol. The molecule has 7 aromatic carbocycles. The molecule has 0 saturated carbocycles. The number of aliphatic hydroxyl groups is 2. The second-order valence-electron chi connectivity index (χ2n) is 12.2. The lowest BCUT2D eigenvalue weighted by Gasteiger charge is -2.48. The molecule has 0 amide bonds. The second-order valence-corrected chi connectivity index (χ2v) is 12.2. The van der Waals surface area contributed by atoms with Gasteiger partial charge in [0.25, 0.3) is 0 Å². The highest BCUT2D eigenvalue weighted by atomic mass is 16.3. The molecule has 2 nitrogen and oxygen atoms in total. The molecule has 2 N–H and O–H groups in total. The summed E-state index contributed by atoms with van der Waals surface area (Å²) in [6, 6.07) is 55.1. The van der Waals surface area contributed by atoms with Crippen LogP contribution in [0.4, 0.5) is 0 Å². The zero-order valence-corrected chi connectivity index (χ0v) is 25.7. The molecular formula is C44H34O2. The van der Waals surface area contributed by atoms with Crippen molar-refractivity contribution in [3.8, 4) is 22.3 Å². The summed E-state index contributed by atoms with van der Waals surface area (Å²) in [4.78, 5) is 0. The summed E-state index contributed by atoms with van der Waals surface area (Å²) in [5.41, 5.74) is 6.01. The molecule has 0 aromatic heterocycles. The Morgan fingerprint density at radius 3 is 1.26 bits per heavy atom. The summed E-state index contributed by atoms with van der Waals surface area (Å²) in [6.45, 7) is 2.12. The van der Waals surface area contributed by atoms with Crippen molar-refractivity contribution in [2.24, 2.45) is 0 Å². The largest absolute Gasteiger partial charge is 0.376 e. The summed E-state index contributed by atoms with van der Waals surface area (Å²) in [5.74, 6) is 0. The van der Waals surface area contributed by atoms with Crippen molar-refractivity contribution < 1.29 is 10.2 Å². The van der Waals surface area contributed by atoms with E-state index in [0.29, 0.717) is 22.3 Å². The van der Waals surface area contributed by atoms with E-state index < -0.39 is 11.2 Å². The van der Waals surface area contributed by atoms with Gasteiger partial charge in [0.1, 0.15) is 11.2 Å². The number of rotatable bonds is 5. The molecule has 0 fully saturated rings. The van der Waals surface area contributed by atoms with E-state index in [2.05, 4.69) is 67.6 Å². The smallest absolute Gasteiger partial charge is 0.142 e. The summed E-state index contributed by atoms with van der Waals surface area (Å²) < 4.78 is 0. The van der Waals surface area contributed by atoms with Crippen LogP contribution in [0.2, 0.25) is 0 Å². The number of hydrogen-bond donors (Lipinski definition) is 2. The Hall–Kier alpha value is -5.28. The van der Waals surface area contributed by atoms with Crippen LogP contribution < -0.4 is 0 Å². The van der Waals surface area contributed by atoms with E-state index in [1.54, 1.807) is 0 Å². The molecule has 1 aliphatic rings. The molecule has 46 heavy (non-hydrogen) atoms. The molecule has 0 aliphatic heterocycles. The van der Waals surface area contributed by atoms with Crippen LogP contribution in [0.1, 0.15) is 45.9 Å². The maximum atomic E-state index is 13.8. The van der Waals surface area contributed by atoms with Gasteiger partial charge in [-0.05, 0) is 67.3 Å². The summed E-state index contributed by atoms with van der Waals surface area (Å²) in [7, 11) is 0. The topological polar surface area (TPSA) is 40.5 Å². The Morgan fingerprint density at radius 2 is 0.826 bits per heavy atom. The normalized spacial score (nSPS) is 18.6. The minimum absolute atomic E-state index is 0.682. The van der Waals surface area contributed by atoms with Crippen LogP contribution in [0.3, 0.4) is 0 Å². The van der Waals surface area contributed by atoms with Crippen molar-refractivity contribution in [1.82, 2.24) is 0 Å². The van der Waals surface area contributed by atoms with Gasteiger partial charge in [0.2, 0.25) is 0 Å². The fourth-order valence-electron chi connectivity index (χ4n) is 7.63. The van der Waals surface area contributed by atoms with Crippen LogP contribution in [-0.2, 0) is 17.6 Å². The SMILES string of the molecule is CCc1ccc2c(c1)[C@](O)(c1ccccc1)c1c(c(-c3ccccc3)c3ccccc3c1-c1ccccc1)[C@@]2(O)c1ccccc1. The van der Waals surface area contributed by atoms with Crippen molar-refractivity contribution >= 4 is 10.8 Å². The lowest BCUT2D eigenvalue weighted by Crippen LogP contribution is -2.45. The summed E-state index contributed by atoms with van der Waals surface area (Å²) in [6.07, 6.45) is 0.799. The first-order chi connectivity index (χ1) is 22.6. The first-order valence-electron chi connectivity index (χ1n) is 16.0. The van der Waals surface area contributed by atoms with Gasteiger partial charge < -0.3 is 10.2 Å². The fourth-order valence-corrected chi connectivity index (χ4v) is 7.63. The van der Waals surface area contributed by atoms with Crippen molar-refractivity contribution in [3.63, 3.8) is 0 Å². The molecule has 0 spiro atoms. The molecule has 0 radical (unpaired) electrons. The van der Waals surface area contributed by atoms with Crippen molar-refractivity contribution in [3.05, 3.63) is 203 Å². The minimum Gasteiger partial charge on any atom is -0.376 e. The molecule has 222 valence electrons. The van der Waals surface area contributed by atoms with Crippen LogP contribution >= 0.6 is 0 Å².